The monoisotopic (exact) mass is 457 g/mol. The average molecular weight is 458 g/mol. The number of nitrogens with two attached hydrogens (primary N) is 1. The number of thiophene rings is 1. The number of nitrogens with one attached hydrogen (secondary N) is 2. The van der Waals surface area contributed by atoms with Crippen molar-refractivity contribution in [2.45, 2.75) is 9.10 Å². The fourth-order valence-corrected chi connectivity index (χ4v) is 5.29. The van der Waals surface area contributed by atoms with Crippen molar-refractivity contribution in [3.63, 3.8) is 0 Å². The van der Waals surface area contributed by atoms with Gasteiger partial charge in [-0.1, -0.05) is 11.8 Å². The van der Waals surface area contributed by atoms with E-state index < -0.39 is 5.91 Å². The van der Waals surface area contributed by atoms with Gasteiger partial charge in [0.2, 0.25) is 0 Å². The van der Waals surface area contributed by atoms with Crippen molar-refractivity contribution in [3.8, 4) is 5.75 Å². The van der Waals surface area contributed by atoms with Gasteiger partial charge in [-0.2, -0.15) is 0 Å². The molecule has 3 aromatic heterocycles. The van der Waals surface area contributed by atoms with Gasteiger partial charge in [-0.05, 0) is 24.3 Å². The molecule has 4 aromatic rings. The summed E-state index contributed by atoms with van der Waals surface area (Å²) in [6, 6.07) is 8.65. The van der Waals surface area contributed by atoms with Gasteiger partial charge in [0.1, 0.15) is 5.75 Å². The largest absolute Gasteiger partial charge is 0.496 e. The number of aromatic nitrogens is 2. The van der Waals surface area contributed by atoms with Crippen LogP contribution in [0.4, 0.5) is 14.9 Å². The molecule has 0 atom stereocenters. The predicted octanol–water partition coefficient (Wildman–Crippen LogP) is 4.66. The zero-order valence-corrected chi connectivity index (χ0v) is 18.0. The molecule has 4 rings (SSSR count). The Kier molecular flexibility index (Phi) is 5.84. The summed E-state index contributed by atoms with van der Waals surface area (Å²) in [5, 5.41) is 9.28. The summed E-state index contributed by atoms with van der Waals surface area (Å²) in [4.78, 5) is 33.1. The van der Waals surface area contributed by atoms with Crippen LogP contribution >= 0.6 is 34.4 Å². The van der Waals surface area contributed by atoms with Crippen LogP contribution in [-0.4, -0.2) is 29.0 Å². The quantitative estimate of drug-likeness (QED) is 0.388. The normalized spacial score (nSPS) is 10.7. The van der Waals surface area contributed by atoms with E-state index in [4.69, 9.17) is 10.5 Å². The van der Waals surface area contributed by atoms with Gasteiger partial charge in [0.05, 0.1) is 27.4 Å². The van der Waals surface area contributed by atoms with Crippen LogP contribution in [0.3, 0.4) is 0 Å². The second-order valence-corrected chi connectivity index (χ2v) is 9.20. The van der Waals surface area contributed by atoms with E-state index in [1.807, 2.05) is 18.2 Å². The predicted molar refractivity (Wildman–Crippen MR) is 120 cm³/mol. The number of pyridine rings is 1. The molecule has 0 aliphatic heterocycles. The molecule has 0 radical (unpaired) electrons. The first-order valence-corrected chi connectivity index (χ1v) is 11.1. The molecule has 1 aromatic carbocycles. The Bertz CT molecular complexity index is 1220. The number of primary amides is 1. The molecule has 4 N–H and O–H groups in total. The Morgan fingerprint density at radius 3 is 2.73 bits per heavy atom. The molecule has 0 bridgehead atoms. The Morgan fingerprint density at radius 1 is 1.13 bits per heavy atom. The molecule has 8 nitrogen and oxygen atoms in total. The molecular weight excluding hydrogens is 442 g/mol. The molecule has 0 aliphatic carbocycles. The third kappa shape index (κ3) is 4.37. The zero-order chi connectivity index (χ0) is 21.1. The standard InChI is InChI=1S/C19H15N5O3S3/c1-27-13-9-12-10(8-11(13)17(20)25)14(4-5-21-12)29-16-3-2-15(30-16)23-18(26)24-19-22-6-7-28-19/h2-9H,1H3,(H2,20,25)(H2,22,23,24,26). The van der Waals surface area contributed by atoms with Gasteiger partial charge in [-0.3, -0.25) is 20.4 Å². The van der Waals surface area contributed by atoms with Crippen molar-refractivity contribution in [2.75, 3.05) is 17.7 Å². The van der Waals surface area contributed by atoms with Crippen LogP contribution in [0.25, 0.3) is 10.9 Å². The minimum Gasteiger partial charge on any atom is -0.496 e. The average Bonchev–Trinajstić information content (AvgIpc) is 3.39. The van der Waals surface area contributed by atoms with Crippen molar-refractivity contribution in [3.05, 3.63) is 53.7 Å². The first-order valence-electron chi connectivity index (χ1n) is 8.55. The van der Waals surface area contributed by atoms with E-state index in [-0.39, 0.29) is 6.03 Å². The third-order valence-electron chi connectivity index (χ3n) is 3.97. The maximum Gasteiger partial charge on any atom is 0.326 e. The number of benzene rings is 1. The first kappa shape index (κ1) is 20.1. The number of hydrogen-bond acceptors (Lipinski definition) is 8. The molecule has 0 saturated heterocycles. The van der Waals surface area contributed by atoms with Crippen LogP contribution in [0.5, 0.6) is 5.75 Å². The number of nitrogens with zero attached hydrogens (tertiary/aromatic N) is 2. The summed E-state index contributed by atoms with van der Waals surface area (Å²) in [6.45, 7) is 0. The summed E-state index contributed by atoms with van der Waals surface area (Å²) in [6.07, 6.45) is 3.32. The Morgan fingerprint density at radius 2 is 2.00 bits per heavy atom. The summed E-state index contributed by atoms with van der Waals surface area (Å²) in [7, 11) is 1.48. The Hall–Kier alpha value is -3.15. The highest BCUT2D eigenvalue weighted by Crippen LogP contribution is 2.39. The second kappa shape index (κ2) is 8.69. The van der Waals surface area contributed by atoms with E-state index in [1.165, 1.54) is 41.5 Å². The smallest absolute Gasteiger partial charge is 0.326 e. The fourth-order valence-electron chi connectivity index (χ4n) is 2.67. The lowest BCUT2D eigenvalue weighted by atomic mass is 10.1. The number of urea groups is 1. The number of ether oxygens (including phenoxy) is 1. The summed E-state index contributed by atoms with van der Waals surface area (Å²) in [5.74, 6) is -0.180. The number of anilines is 2. The zero-order valence-electron chi connectivity index (χ0n) is 15.5. The Balaban J connectivity index is 1.55. The molecule has 3 heterocycles. The molecule has 0 fully saturated rings. The number of carbonyl (C=O) groups excluding carboxylic acids is 2. The van der Waals surface area contributed by atoms with Crippen LogP contribution in [0.2, 0.25) is 0 Å². The number of fused-ring (bicyclic) bond motifs is 1. The van der Waals surface area contributed by atoms with Gasteiger partial charge in [0, 0.05) is 34.1 Å². The number of methoxy groups -OCH3 is 1. The lowest BCUT2D eigenvalue weighted by Gasteiger charge is -2.10. The molecule has 3 amide bonds. The van der Waals surface area contributed by atoms with Crippen molar-refractivity contribution in [1.82, 2.24) is 9.97 Å². The molecule has 11 heteroatoms. The fraction of sp³-hybridized carbons (Fsp3) is 0.0526. The van der Waals surface area contributed by atoms with Gasteiger partial charge in [0.25, 0.3) is 5.91 Å². The number of thiazole rings is 1. The van der Waals surface area contributed by atoms with Crippen molar-refractivity contribution < 1.29 is 14.3 Å². The highest BCUT2D eigenvalue weighted by atomic mass is 32.2. The number of carbonyl (C=O) groups is 2. The number of hydrogen-bond donors (Lipinski definition) is 3. The lowest BCUT2D eigenvalue weighted by molar-refractivity contribution is 0.0997. The molecule has 0 spiro atoms. The maximum absolute atomic E-state index is 12.1. The van der Waals surface area contributed by atoms with Gasteiger partial charge in [0.15, 0.2) is 5.13 Å². The van der Waals surface area contributed by atoms with Crippen LogP contribution < -0.4 is 21.1 Å². The van der Waals surface area contributed by atoms with E-state index in [0.717, 1.165) is 14.5 Å². The van der Waals surface area contributed by atoms with Crippen LogP contribution in [0.1, 0.15) is 10.4 Å². The molecule has 0 unspecified atom stereocenters. The van der Waals surface area contributed by atoms with Crippen molar-refractivity contribution >= 4 is 67.4 Å². The second-order valence-electron chi connectivity index (χ2n) is 5.88. The minimum atomic E-state index is -0.567. The summed E-state index contributed by atoms with van der Waals surface area (Å²) < 4.78 is 6.22. The first-order chi connectivity index (χ1) is 14.5. The van der Waals surface area contributed by atoms with E-state index in [1.54, 1.807) is 29.9 Å². The highest BCUT2D eigenvalue weighted by Gasteiger charge is 2.15. The third-order valence-corrected chi connectivity index (χ3v) is 6.87. The van der Waals surface area contributed by atoms with Crippen molar-refractivity contribution in [1.29, 1.82) is 0 Å². The van der Waals surface area contributed by atoms with Crippen LogP contribution in [0.15, 0.2) is 57.2 Å². The molecule has 0 saturated carbocycles. The van der Waals surface area contributed by atoms with Gasteiger partial charge >= 0.3 is 6.03 Å². The minimum absolute atomic E-state index is 0.298. The Labute approximate surface area is 183 Å². The van der Waals surface area contributed by atoms with E-state index >= 15 is 0 Å². The molecule has 30 heavy (non-hydrogen) atoms. The van der Waals surface area contributed by atoms with Crippen LogP contribution in [0, 0.1) is 0 Å². The number of amides is 3. The topological polar surface area (TPSA) is 119 Å². The number of rotatable bonds is 6. The van der Waals surface area contributed by atoms with Gasteiger partial charge in [-0.15, -0.1) is 22.7 Å². The summed E-state index contributed by atoms with van der Waals surface area (Å²) in [5.41, 5.74) is 6.48. The van der Waals surface area contributed by atoms with E-state index in [0.29, 0.717) is 27.0 Å². The molecule has 0 aliphatic rings. The lowest BCUT2D eigenvalue weighted by Crippen LogP contribution is -2.18. The highest BCUT2D eigenvalue weighted by molar-refractivity contribution is 8.01. The van der Waals surface area contributed by atoms with E-state index in [2.05, 4.69) is 20.6 Å². The van der Waals surface area contributed by atoms with Crippen molar-refractivity contribution in [2.24, 2.45) is 5.73 Å². The van der Waals surface area contributed by atoms with Gasteiger partial charge in [-0.25, -0.2) is 9.78 Å². The van der Waals surface area contributed by atoms with Crippen LogP contribution in [-0.2, 0) is 0 Å². The van der Waals surface area contributed by atoms with Gasteiger partial charge < -0.3 is 10.5 Å². The van der Waals surface area contributed by atoms with E-state index in [9.17, 15) is 9.59 Å². The molecule has 152 valence electrons. The SMILES string of the molecule is COc1cc2nccc(Sc3ccc(NC(=O)Nc4nccs4)s3)c2cc1C(N)=O. The maximum atomic E-state index is 12.1. The molecular formula is C19H15N5O3S3. The summed E-state index contributed by atoms with van der Waals surface area (Å²) >= 11 is 4.28.